The summed E-state index contributed by atoms with van der Waals surface area (Å²) in [6.45, 7) is 18.9. The largest absolute Gasteiger partial charge is 0.388 e. The molecular formula is C34H36FN5. The smallest absolute Gasteiger partial charge is 0.138 e. The molecule has 0 saturated carbocycles. The third kappa shape index (κ3) is 6.29. The second-order valence-corrected chi connectivity index (χ2v) is 10.0. The van der Waals surface area contributed by atoms with Gasteiger partial charge in [0.2, 0.25) is 0 Å². The number of rotatable bonds is 11. The molecule has 0 aliphatic heterocycles. The number of anilines is 1. The van der Waals surface area contributed by atoms with E-state index in [0.717, 1.165) is 67.9 Å². The lowest BCUT2D eigenvalue weighted by molar-refractivity contribution is 0.622. The molecular weight excluding hydrogens is 497 g/mol. The number of nitrogens with one attached hydrogen (secondary N) is 3. The number of hydrogen-bond donors (Lipinski definition) is 3. The van der Waals surface area contributed by atoms with Crippen molar-refractivity contribution in [3.05, 3.63) is 127 Å². The molecule has 2 aromatic carbocycles. The Morgan fingerprint density at radius 2 is 1.85 bits per heavy atom. The molecule has 4 rings (SSSR count). The van der Waals surface area contributed by atoms with Crippen LogP contribution in [0, 0.1) is 11.7 Å². The summed E-state index contributed by atoms with van der Waals surface area (Å²) in [5.74, 6) is 0.859. The van der Waals surface area contributed by atoms with Crippen LogP contribution in [0.3, 0.4) is 0 Å². The minimum atomic E-state index is -0.286. The Hall–Kier alpha value is -4.71. The van der Waals surface area contributed by atoms with Gasteiger partial charge in [-0.15, -0.1) is 0 Å². The maximum Gasteiger partial charge on any atom is 0.138 e. The van der Waals surface area contributed by atoms with E-state index >= 15 is 0 Å². The van der Waals surface area contributed by atoms with Crippen molar-refractivity contribution in [1.29, 1.82) is 0 Å². The number of aromatic nitrogens is 3. The first kappa shape index (κ1) is 28.3. The van der Waals surface area contributed by atoms with Crippen LogP contribution in [-0.2, 0) is 0 Å². The van der Waals surface area contributed by atoms with Crippen LogP contribution < -0.4 is 10.6 Å². The fourth-order valence-electron chi connectivity index (χ4n) is 4.63. The Labute approximate surface area is 236 Å². The predicted molar refractivity (Wildman–Crippen MR) is 167 cm³/mol. The SMILES string of the molecule is C=C/C(=C\C(=C/C)c1ccc(NC)c(C(=C)c2nc3c(-c4ccc(F)cc4)cncc3[nH]2)c1)NC(=C)CC(C)C. The van der Waals surface area contributed by atoms with Gasteiger partial charge in [0.25, 0.3) is 0 Å². The average Bonchev–Trinajstić information content (AvgIpc) is 3.39. The summed E-state index contributed by atoms with van der Waals surface area (Å²) >= 11 is 0. The Balaban J connectivity index is 1.71. The highest BCUT2D eigenvalue weighted by molar-refractivity contribution is 5.94. The van der Waals surface area contributed by atoms with Crippen LogP contribution in [0.1, 0.15) is 44.1 Å². The maximum atomic E-state index is 13.5. The number of hydrogen-bond acceptors (Lipinski definition) is 4. The maximum absolute atomic E-state index is 13.5. The highest BCUT2D eigenvalue weighted by atomic mass is 19.1. The number of pyridine rings is 1. The van der Waals surface area contributed by atoms with Crippen molar-refractivity contribution in [3.8, 4) is 11.1 Å². The highest BCUT2D eigenvalue weighted by Crippen LogP contribution is 2.33. The van der Waals surface area contributed by atoms with Crippen LogP contribution in [0.15, 0.2) is 104 Å². The zero-order chi connectivity index (χ0) is 28.8. The van der Waals surface area contributed by atoms with Gasteiger partial charge in [-0.05, 0) is 72.4 Å². The lowest BCUT2D eigenvalue weighted by Gasteiger charge is -2.15. The minimum Gasteiger partial charge on any atom is -0.388 e. The van der Waals surface area contributed by atoms with Crippen molar-refractivity contribution in [3.63, 3.8) is 0 Å². The van der Waals surface area contributed by atoms with E-state index in [-0.39, 0.29) is 5.82 Å². The number of nitrogens with zero attached hydrogens (tertiary/aromatic N) is 2. The van der Waals surface area contributed by atoms with Gasteiger partial charge in [0.15, 0.2) is 0 Å². The monoisotopic (exact) mass is 533 g/mol. The Bertz CT molecular complexity index is 1620. The molecule has 2 heterocycles. The molecule has 0 aliphatic rings. The summed E-state index contributed by atoms with van der Waals surface area (Å²) in [5.41, 5.74) is 9.67. The molecule has 204 valence electrons. The Morgan fingerprint density at radius 3 is 2.50 bits per heavy atom. The third-order valence-electron chi connectivity index (χ3n) is 6.60. The fraction of sp³-hybridized carbons (Fsp3) is 0.176. The topological polar surface area (TPSA) is 65.6 Å². The number of aromatic amines is 1. The van der Waals surface area contributed by atoms with Crippen LogP contribution in [0.4, 0.5) is 10.1 Å². The van der Waals surface area contributed by atoms with Gasteiger partial charge in [0.1, 0.15) is 11.6 Å². The van der Waals surface area contributed by atoms with Gasteiger partial charge in [0, 0.05) is 47.0 Å². The lowest BCUT2D eigenvalue weighted by atomic mass is 9.96. The molecule has 0 fully saturated rings. The molecule has 40 heavy (non-hydrogen) atoms. The Kier molecular flexibility index (Phi) is 8.80. The molecule has 6 heteroatoms. The highest BCUT2D eigenvalue weighted by Gasteiger charge is 2.16. The molecule has 0 radical (unpaired) electrons. The predicted octanol–water partition coefficient (Wildman–Crippen LogP) is 8.49. The van der Waals surface area contributed by atoms with Gasteiger partial charge in [-0.2, -0.15) is 0 Å². The van der Waals surface area contributed by atoms with Gasteiger partial charge >= 0.3 is 0 Å². The van der Waals surface area contributed by atoms with Gasteiger partial charge < -0.3 is 15.6 Å². The number of fused-ring (bicyclic) bond motifs is 1. The molecule has 5 nitrogen and oxygen atoms in total. The fourth-order valence-corrected chi connectivity index (χ4v) is 4.63. The molecule has 0 atom stereocenters. The summed E-state index contributed by atoms with van der Waals surface area (Å²) in [6, 6.07) is 12.6. The van der Waals surface area contributed by atoms with Crippen molar-refractivity contribution in [2.75, 3.05) is 12.4 Å². The molecule has 0 amide bonds. The summed E-state index contributed by atoms with van der Waals surface area (Å²) in [7, 11) is 1.89. The van der Waals surface area contributed by atoms with E-state index in [9.17, 15) is 4.39 Å². The zero-order valence-electron chi connectivity index (χ0n) is 23.6. The van der Waals surface area contributed by atoms with Crippen LogP contribution in [0.25, 0.3) is 33.3 Å². The summed E-state index contributed by atoms with van der Waals surface area (Å²) in [6.07, 6.45) is 10.3. The van der Waals surface area contributed by atoms with Crippen LogP contribution >= 0.6 is 0 Å². The molecule has 0 unspecified atom stereocenters. The van der Waals surface area contributed by atoms with Crippen molar-refractivity contribution >= 4 is 27.9 Å². The third-order valence-corrected chi connectivity index (χ3v) is 6.60. The van der Waals surface area contributed by atoms with E-state index in [1.54, 1.807) is 30.6 Å². The van der Waals surface area contributed by atoms with Gasteiger partial charge in [0.05, 0.1) is 17.2 Å². The molecule has 0 saturated heterocycles. The lowest BCUT2D eigenvalue weighted by Crippen LogP contribution is -2.12. The molecule has 2 aromatic heterocycles. The standard InChI is InChI=1S/C34H36FN5/c1-8-24(17-28(9-2)38-22(5)16-21(3)4)26-12-15-31(36-7)29(18-26)23(6)34-39-32-20-37-19-30(33(32)40-34)25-10-13-27(35)14-11-25/h8-15,17-21,36,38H,2,5-6,16H2,1,3-4,7H3,(H,39,40)/b24-8+,28-17+. The quantitative estimate of drug-likeness (QED) is 0.169. The van der Waals surface area contributed by atoms with Crippen molar-refractivity contribution in [2.24, 2.45) is 5.92 Å². The van der Waals surface area contributed by atoms with Gasteiger partial charge in [-0.1, -0.05) is 57.9 Å². The zero-order valence-corrected chi connectivity index (χ0v) is 23.6. The molecule has 0 bridgehead atoms. The molecule has 0 spiro atoms. The summed E-state index contributed by atoms with van der Waals surface area (Å²) in [5, 5.41) is 6.67. The van der Waals surface area contributed by atoms with E-state index in [0.29, 0.717) is 11.7 Å². The van der Waals surface area contributed by atoms with Gasteiger partial charge in [-0.3, -0.25) is 4.98 Å². The number of allylic oxidation sites excluding steroid dienone is 5. The normalized spacial score (nSPS) is 12.1. The minimum absolute atomic E-state index is 0.286. The second kappa shape index (κ2) is 12.4. The van der Waals surface area contributed by atoms with Crippen LogP contribution in [0.2, 0.25) is 0 Å². The Morgan fingerprint density at radius 1 is 1.10 bits per heavy atom. The van der Waals surface area contributed by atoms with E-state index in [1.807, 2.05) is 20.0 Å². The van der Waals surface area contributed by atoms with Crippen molar-refractivity contribution in [2.45, 2.75) is 27.2 Å². The number of H-pyrrole nitrogens is 1. The van der Waals surface area contributed by atoms with Crippen LogP contribution in [0.5, 0.6) is 0 Å². The first-order valence-electron chi connectivity index (χ1n) is 13.3. The van der Waals surface area contributed by atoms with E-state index in [1.165, 1.54) is 12.1 Å². The van der Waals surface area contributed by atoms with Crippen molar-refractivity contribution in [1.82, 2.24) is 20.3 Å². The summed E-state index contributed by atoms with van der Waals surface area (Å²) in [4.78, 5) is 12.6. The molecule has 3 N–H and O–H groups in total. The molecule has 4 aromatic rings. The van der Waals surface area contributed by atoms with E-state index < -0.39 is 0 Å². The van der Waals surface area contributed by atoms with Gasteiger partial charge in [-0.25, -0.2) is 9.37 Å². The van der Waals surface area contributed by atoms with E-state index in [2.05, 4.69) is 78.5 Å². The first-order chi connectivity index (χ1) is 19.2. The first-order valence-corrected chi connectivity index (χ1v) is 13.3. The number of benzene rings is 2. The summed E-state index contributed by atoms with van der Waals surface area (Å²) < 4.78 is 13.5. The second-order valence-electron chi connectivity index (χ2n) is 10.0. The number of imidazole rings is 1. The van der Waals surface area contributed by atoms with Crippen molar-refractivity contribution < 1.29 is 4.39 Å². The number of halogens is 1. The average molecular weight is 534 g/mol. The van der Waals surface area contributed by atoms with Crippen LogP contribution in [-0.4, -0.2) is 22.0 Å². The molecule has 0 aliphatic carbocycles. The van der Waals surface area contributed by atoms with E-state index in [4.69, 9.17) is 4.98 Å².